The van der Waals surface area contributed by atoms with E-state index in [1.165, 1.54) is 18.2 Å². The van der Waals surface area contributed by atoms with E-state index in [-0.39, 0.29) is 16.6 Å². The maximum absolute atomic E-state index is 14.3. The molecule has 0 bridgehead atoms. The zero-order valence-corrected chi connectivity index (χ0v) is 14.0. The van der Waals surface area contributed by atoms with Crippen LogP contribution in [0, 0.1) is 24.5 Å². The summed E-state index contributed by atoms with van der Waals surface area (Å²) < 4.78 is 28.6. The SMILES string of the molecule is Cc1nnc(Cl)c(-c2c(F)cccc2F)c1C1CCC(C)CC1. The van der Waals surface area contributed by atoms with Gasteiger partial charge in [-0.1, -0.05) is 37.4 Å². The molecule has 1 aromatic carbocycles. The van der Waals surface area contributed by atoms with Crippen molar-refractivity contribution in [1.29, 1.82) is 0 Å². The molecule has 122 valence electrons. The molecule has 1 fully saturated rings. The Hall–Kier alpha value is -1.55. The van der Waals surface area contributed by atoms with Crippen molar-refractivity contribution in [3.8, 4) is 11.1 Å². The number of aryl methyl sites for hydroxylation is 1. The van der Waals surface area contributed by atoms with Crippen molar-refractivity contribution in [2.45, 2.75) is 45.4 Å². The number of halogens is 3. The van der Waals surface area contributed by atoms with Crippen LogP contribution in [0.15, 0.2) is 18.2 Å². The highest BCUT2D eigenvalue weighted by atomic mass is 35.5. The molecule has 1 aliphatic carbocycles. The summed E-state index contributed by atoms with van der Waals surface area (Å²) in [6.07, 6.45) is 4.16. The van der Waals surface area contributed by atoms with Crippen molar-refractivity contribution in [1.82, 2.24) is 10.2 Å². The maximum atomic E-state index is 14.3. The minimum atomic E-state index is -0.621. The maximum Gasteiger partial charge on any atom is 0.160 e. The van der Waals surface area contributed by atoms with Crippen LogP contribution in [0.1, 0.15) is 49.8 Å². The molecule has 1 aromatic heterocycles. The zero-order chi connectivity index (χ0) is 16.6. The third kappa shape index (κ3) is 3.09. The molecule has 0 N–H and O–H groups in total. The minimum absolute atomic E-state index is 0.0632. The fraction of sp³-hybridized carbons (Fsp3) is 0.444. The molecular formula is C18H19ClF2N2. The average molecular weight is 337 g/mol. The second kappa shape index (κ2) is 6.52. The van der Waals surface area contributed by atoms with Gasteiger partial charge in [-0.25, -0.2) is 8.78 Å². The lowest BCUT2D eigenvalue weighted by molar-refractivity contribution is 0.347. The summed E-state index contributed by atoms with van der Waals surface area (Å²) in [6.45, 7) is 4.07. The Bertz CT molecular complexity index is 705. The van der Waals surface area contributed by atoms with Crippen LogP contribution in [-0.2, 0) is 0 Å². The van der Waals surface area contributed by atoms with Gasteiger partial charge in [0, 0.05) is 5.56 Å². The van der Waals surface area contributed by atoms with Gasteiger partial charge in [-0.3, -0.25) is 0 Å². The van der Waals surface area contributed by atoms with E-state index in [2.05, 4.69) is 17.1 Å². The Balaban J connectivity index is 2.19. The molecule has 3 rings (SSSR count). The quantitative estimate of drug-likeness (QED) is 0.705. The lowest BCUT2D eigenvalue weighted by Crippen LogP contribution is -2.15. The molecule has 1 aliphatic rings. The Labute approximate surface area is 139 Å². The summed E-state index contributed by atoms with van der Waals surface area (Å²) in [5, 5.41) is 8.04. The molecule has 2 aromatic rings. The van der Waals surface area contributed by atoms with E-state index in [1.807, 2.05) is 6.92 Å². The van der Waals surface area contributed by atoms with Gasteiger partial charge in [-0.2, -0.15) is 5.10 Å². The first-order valence-electron chi connectivity index (χ1n) is 7.96. The Morgan fingerprint density at radius 3 is 2.22 bits per heavy atom. The number of nitrogens with zero attached hydrogens (tertiary/aromatic N) is 2. The molecule has 2 nitrogen and oxygen atoms in total. The van der Waals surface area contributed by atoms with E-state index in [0.29, 0.717) is 17.2 Å². The van der Waals surface area contributed by atoms with Crippen LogP contribution in [0.4, 0.5) is 8.78 Å². The Kier molecular flexibility index (Phi) is 4.62. The van der Waals surface area contributed by atoms with Gasteiger partial charge in [0.15, 0.2) is 5.15 Å². The first-order chi connectivity index (χ1) is 11.0. The van der Waals surface area contributed by atoms with Crippen LogP contribution >= 0.6 is 11.6 Å². The number of aromatic nitrogens is 2. The van der Waals surface area contributed by atoms with Crippen molar-refractivity contribution in [2.24, 2.45) is 5.92 Å². The van der Waals surface area contributed by atoms with Crippen molar-refractivity contribution in [3.05, 3.63) is 46.2 Å². The van der Waals surface area contributed by atoms with Gasteiger partial charge in [-0.05, 0) is 49.3 Å². The second-order valence-corrected chi connectivity index (χ2v) is 6.78. The molecule has 0 spiro atoms. The van der Waals surface area contributed by atoms with Gasteiger partial charge in [0.25, 0.3) is 0 Å². The van der Waals surface area contributed by atoms with E-state index in [9.17, 15) is 8.78 Å². The van der Waals surface area contributed by atoms with E-state index in [0.717, 1.165) is 31.2 Å². The van der Waals surface area contributed by atoms with Crippen LogP contribution < -0.4 is 0 Å². The minimum Gasteiger partial charge on any atom is -0.206 e. The molecule has 0 atom stereocenters. The summed E-state index contributed by atoms with van der Waals surface area (Å²) in [5.74, 6) is -0.340. The van der Waals surface area contributed by atoms with Crippen molar-refractivity contribution in [2.75, 3.05) is 0 Å². The lowest BCUT2D eigenvalue weighted by atomic mass is 9.77. The van der Waals surface area contributed by atoms with Crippen LogP contribution in [0.25, 0.3) is 11.1 Å². The number of hydrogen-bond donors (Lipinski definition) is 0. The monoisotopic (exact) mass is 336 g/mol. The molecule has 0 saturated heterocycles. The van der Waals surface area contributed by atoms with Crippen LogP contribution in [0.3, 0.4) is 0 Å². The molecule has 1 saturated carbocycles. The highest BCUT2D eigenvalue weighted by Gasteiger charge is 2.28. The molecule has 0 aliphatic heterocycles. The van der Waals surface area contributed by atoms with E-state index < -0.39 is 11.6 Å². The number of rotatable bonds is 2. The molecule has 1 heterocycles. The van der Waals surface area contributed by atoms with Crippen LogP contribution in [-0.4, -0.2) is 10.2 Å². The van der Waals surface area contributed by atoms with Gasteiger partial charge in [0.05, 0.1) is 11.3 Å². The Morgan fingerprint density at radius 2 is 1.61 bits per heavy atom. The summed E-state index contributed by atoms with van der Waals surface area (Å²) in [4.78, 5) is 0. The smallest absolute Gasteiger partial charge is 0.160 e. The predicted molar refractivity (Wildman–Crippen MR) is 87.5 cm³/mol. The highest BCUT2D eigenvalue weighted by Crippen LogP contribution is 2.44. The molecule has 5 heteroatoms. The first-order valence-corrected chi connectivity index (χ1v) is 8.34. The molecule has 0 unspecified atom stereocenters. The average Bonchev–Trinajstić information content (AvgIpc) is 2.52. The van der Waals surface area contributed by atoms with Gasteiger partial charge < -0.3 is 0 Å². The van der Waals surface area contributed by atoms with E-state index >= 15 is 0 Å². The summed E-state index contributed by atoms with van der Waals surface area (Å²) >= 11 is 6.22. The Morgan fingerprint density at radius 1 is 1.00 bits per heavy atom. The van der Waals surface area contributed by atoms with Gasteiger partial charge in [0.1, 0.15) is 11.6 Å². The van der Waals surface area contributed by atoms with E-state index in [4.69, 9.17) is 11.6 Å². The fourth-order valence-corrected chi connectivity index (χ4v) is 3.77. The van der Waals surface area contributed by atoms with Crippen molar-refractivity contribution < 1.29 is 8.78 Å². The molecule has 0 radical (unpaired) electrons. The summed E-state index contributed by atoms with van der Waals surface area (Å²) in [5.41, 5.74) is 1.82. The first kappa shape index (κ1) is 16.3. The lowest BCUT2D eigenvalue weighted by Gasteiger charge is -2.29. The van der Waals surface area contributed by atoms with Crippen LogP contribution in [0.5, 0.6) is 0 Å². The van der Waals surface area contributed by atoms with E-state index in [1.54, 1.807) is 0 Å². The van der Waals surface area contributed by atoms with Gasteiger partial charge in [-0.15, -0.1) is 5.10 Å². The van der Waals surface area contributed by atoms with Crippen molar-refractivity contribution in [3.63, 3.8) is 0 Å². The topological polar surface area (TPSA) is 25.8 Å². The largest absolute Gasteiger partial charge is 0.206 e. The summed E-state index contributed by atoms with van der Waals surface area (Å²) in [6, 6.07) is 3.85. The number of hydrogen-bond acceptors (Lipinski definition) is 2. The molecule has 23 heavy (non-hydrogen) atoms. The van der Waals surface area contributed by atoms with Crippen LogP contribution in [0.2, 0.25) is 5.15 Å². The zero-order valence-electron chi connectivity index (χ0n) is 13.2. The van der Waals surface area contributed by atoms with Gasteiger partial charge in [0.2, 0.25) is 0 Å². The number of benzene rings is 1. The van der Waals surface area contributed by atoms with Gasteiger partial charge >= 0.3 is 0 Å². The third-order valence-electron chi connectivity index (χ3n) is 4.79. The second-order valence-electron chi connectivity index (χ2n) is 6.42. The molecular weight excluding hydrogens is 318 g/mol. The third-order valence-corrected chi connectivity index (χ3v) is 5.05. The highest BCUT2D eigenvalue weighted by molar-refractivity contribution is 6.32. The normalized spacial score (nSPS) is 21.4. The predicted octanol–water partition coefficient (Wildman–Crippen LogP) is 5.68. The standard InChI is InChI=1S/C18H19ClF2N2/c1-10-6-8-12(9-7-10)15-11(2)22-23-18(19)17(15)16-13(20)4-3-5-14(16)21/h3-5,10,12H,6-9H2,1-2H3. The molecule has 0 amide bonds. The van der Waals surface area contributed by atoms with Crippen molar-refractivity contribution >= 4 is 11.6 Å². The fourth-order valence-electron chi connectivity index (χ4n) is 3.54. The summed E-state index contributed by atoms with van der Waals surface area (Å²) in [7, 11) is 0.